The van der Waals surface area contributed by atoms with E-state index in [1.807, 2.05) is 30.3 Å². The molecule has 0 bridgehead atoms. The van der Waals surface area contributed by atoms with Crippen LogP contribution in [0.25, 0.3) is 5.65 Å². The molecule has 10 nitrogen and oxygen atoms in total. The molecule has 6 rings (SSSR count). The van der Waals surface area contributed by atoms with Crippen molar-refractivity contribution in [3.05, 3.63) is 65.6 Å². The predicted molar refractivity (Wildman–Crippen MR) is 150 cm³/mol. The molecule has 0 spiro atoms. The van der Waals surface area contributed by atoms with Crippen molar-refractivity contribution in [1.82, 2.24) is 25.2 Å². The fourth-order valence-corrected chi connectivity index (χ4v) is 6.42. The van der Waals surface area contributed by atoms with Crippen LogP contribution in [0.3, 0.4) is 0 Å². The summed E-state index contributed by atoms with van der Waals surface area (Å²) in [5.74, 6) is -1.51. The first-order valence-electron chi connectivity index (χ1n) is 14.7. The Hall–Kier alpha value is -4.09. The maximum Gasteiger partial charge on any atom is 0.408 e. The third kappa shape index (κ3) is 6.18. The standard InChI is InChI=1S/C31H35F2N5O5/c1-42-29(40)31(13-21(27(32)33)15-34-28(31)39)14-22-11-12-24-35-23(16-38(24)37-22)26(25(19-7-8-19)20-9-10-20)36-30(41)43-17-18-5-3-2-4-6-18/h2-6,11-12,16,19-21,25-27H,7-10,13-15,17H2,1H3,(H,34,39)(H,36,41). The van der Waals surface area contributed by atoms with Crippen LogP contribution in [0, 0.1) is 29.1 Å². The number of hydrogen-bond donors (Lipinski definition) is 2. The number of imidazole rings is 1. The van der Waals surface area contributed by atoms with Crippen molar-refractivity contribution >= 4 is 23.6 Å². The summed E-state index contributed by atoms with van der Waals surface area (Å²) in [6, 6.07) is 12.4. The topological polar surface area (TPSA) is 124 Å². The van der Waals surface area contributed by atoms with Gasteiger partial charge in [-0.2, -0.15) is 5.10 Å². The Balaban J connectivity index is 1.26. The molecule has 228 valence electrons. The van der Waals surface area contributed by atoms with E-state index in [-0.39, 0.29) is 38.0 Å². The average molecular weight is 596 g/mol. The summed E-state index contributed by atoms with van der Waals surface area (Å²) < 4.78 is 39.3. The molecular formula is C31H35F2N5O5. The van der Waals surface area contributed by atoms with Gasteiger partial charge in [0.2, 0.25) is 12.3 Å². The van der Waals surface area contributed by atoms with Gasteiger partial charge in [0.25, 0.3) is 0 Å². The van der Waals surface area contributed by atoms with Gasteiger partial charge in [-0.1, -0.05) is 30.3 Å². The molecule has 3 fully saturated rings. The molecule has 2 aliphatic carbocycles. The normalized spacial score (nSPS) is 22.8. The fraction of sp³-hybridized carbons (Fsp3) is 0.516. The van der Waals surface area contributed by atoms with Gasteiger partial charge in [-0.3, -0.25) is 9.59 Å². The number of rotatable bonds is 11. The number of alkyl halides is 2. The molecule has 2 saturated carbocycles. The summed E-state index contributed by atoms with van der Waals surface area (Å²) in [6.45, 7) is -0.0626. The number of aromatic nitrogens is 3. The highest BCUT2D eigenvalue weighted by Crippen LogP contribution is 2.54. The molecule has 43 heavy (non-hydrogen) atoms. The number of carbonyl (C=O) groups excluding carboxylic acids is 3. The number of hydrogen-bond acceptors (Lipinski definition) is 7. The lowest BCUT2D eigenvalue weighted by Gasteiger charge is -2.37. The minimum Gasteiger partial charge on any atom is -0.468 e. The highest BCUT2D eigenvalue weighted by molar-refractivity contribution is 6.03. The molecule has 1 saturated heterocycles. The number of halogens is 2. The largest absolute Gasteiger partial charge is 0.468 e. The second-order valence-electron chi connectivity index (χ2n) is 12.0. The van der Waals surface area contributed by atoms with E-state index in [1.54, 1.807) is 22.8 Å². The summed E-state index contributed by atoms with van der Waals surface area (Å²) in [5, 5.41) is 10.2. The van der Waals surface area contributed by atoms with Crippen LogP contribution in [0.5, 0.6) is 0 Å². The van der Waals surface area contributed by atoms with E-state index in [0.29, 0.717) is 28.9 Å². The van der Waals surface area contributed by atoms with Gasteiger partial charge < -0.3 is 20.1 Å². The van der Waals surface area contributed by atoms with E-state index in [9.17, 15) is 23.2 Å². The first kappa shape index (κ1) is 29.0. The Labute approximate surface area is 247 Å². The van der Waals surface area contributed by atoms with Crippen molar-refractivity contribution in [1.29, 1.82) is 0 Å². The Morgan fingerprint density at radius 3 is 2.47 bits per heavy atom. The quantitative estimate of drug-likeness (QED) is 0.251. The lowest BCUT2D eigenvalue weighted by atomic mass is 9.72. The number of benzene rings is 1. The van der Waals surface area contributed by atoms with Gasteiger partial charge in [0.05, 0.1) is 30.7 Å². The lowest BCUT2D eigenvalue weighted by molar-refractivity contribution is -0.164. The minimum absolute atomic E-state index is 0.148. The molecule has 3 heterocycles. The number of nitrogens with zero attached hydrogens (tertiary/aromatic N) is 3. The second-order valence-corrected chi connectivity index (χ2v) is 12.0. The lowest BCUT2D eigenvalue weighted by Crippen LogP contribution is -2.56. The van der Waals surface area contributed by atoms with Crippen molar-refractivity contribution < 1.29 is 32.6 Å². The van der Waals surface area contributed by atoms with E-state index >= 15 is 0 Å². The molecule has 1 aromatic carbocycles. The van der Waals surface area contributed by atoms with E-state index < -0.39 is 35.7 Å². The van der Waals surface area contributed by atoms with Crippen LogP contribution in [0.15, 0.2) is 48.7 Å². The van der Waals surface area contributed by atoms with Gasteiger partial charge in [-0.05, 0) is 67.6 Å². The first-order valence-corrected chi connectivity index (χ1v) is 14.7. The van der Waals surface area contributed by atoms with Crippen molar-refractivity contribution in [2.45, 2.75) is 57.6 Å². The third-order valence-corrected chi connectivity index (χ3v) is 8.90. The predicted octanol–water partition coefficient (Wildman–Crippen LogP) is 4.24. The van der Waals surface area contributed by atoms with Crippen molar-refractivity contribution in [3.63, 3.8) is 0 Å². The van der Waals surface area contributed by atoms with E-state index in [0.717, 1.165) is 38.4 Å². The molecule has 0 radical (unpaired) electrons. The maximum atomic E-state index is 13.6. The molecule has 2 N–H and O–H groups in total. The van der Waals surface area contributed by atoms with Gasteiger partial charge in [0.1, 0.15) is 6.61 Å². The number of ether oxygens (including phenoxy) is 2. The SMILES string of the molecule is COC(=O)C1(Cc2ccc3nc(C(NC(=O)OCc4ccccc4)C(C4CC4)C4CC4)cn3n2)CC(C(F)F)CNC1=O. The molecule has 3 atom stereocenters. The number of fused-ring (bicyclic) bond motifs is 1. The number of methoxy groups -OCH3 is 1. The summed E-state index contributed by atoms with van der Waals surface area (Å²) in [4.78, 5) is 43.6. The maximum absolute atomic E-state index is 13.6. The Kier molecular flexibility index (Phi) is 8.02. The van der Waals surface area contributed by atoms with Gasteiger partial charge in [-0.25, -0.2) is 23.1 Å². The van der Waals surface area contributed by atoms with Crippen molar-refractivity contribution in [2.24, 2.45) is 29.1 Å². The number of piperidine rings is 1. The Morgan fingerprint density at radius 1 is 1.09 bits per heavy atom. The molecular weight excluding hydrogens is 560 g/mol. The van der Waals surface area contributed by atoms with Crippen molar-refractivity contribution in [2.75, 3.05) is 13.7 Å². The van der Waals surface area contributed by atoms with Crippen LogP contribution in [0.1, 0.15) is 55.1 Å². The zero-order valence-corrected chi connectivity index (χ0v) is 23.9. The summed E-state index contributed by atoms with van der Waals surface area (Å²) in [5.41, 5.74) is 0.559. The Morgan fingerprint density at radius 2 is 1.81 bits per heavy atom. The third-order valence-electron chi connectivity index (χ3n) is 8.90. The number of nitrogens with one attached hydrogen (secondary N) is 2. The van der Waals surface area contributed by atoms with E-state index in [1.165, 1.54) is 0 Å². The number of alkyl carbamates (subject to hydrolysis) is 1. The van der Waals surface area contributed by atoms with Gasteiger partial charge in [-0.15, -0.1) is 0 Å². The zero-order chi connectivity index (χ0) is 30.1. The van der Waals surface area contributed by atoms with Crippen molar-refractivity contribution in [3.8, 4) is 0 Å². The monoisotopic (exact) mass is 595 g/mol. The molecule has 3 aliphatic rings. The van der Waals surface area contributed by atoms with Crippen LogP contribution >= 0.6 is 0 Å². The van der Waals surface area contributed by atoms with Crippen LogP contribution in [-0.4, -0.2) is 52.6 Å². The highest BCUT2D eigenvalue weighted by atomic mass is 19.3. The van der Waals surface area contributed by atoms with Crippen LogP contribution in [-0.2, 0) is 32.1 Å². The molecule has 1 aliphatic heterocycles. The first-order chi connectivity index (χ1) is 20.8. The van der Waals surface area contributed by atoms with Gasteiger partial charge >= 0.3 is 12.1 Å². The molecule has 2 aromatic heterocycles. The van der Waals surface area contributed by atoms with Crippen LogP contribution in [0.4, 0.5) is 13.6 Å². The average Bonchev–Trinajstić information content (AvgIpc) is 3.96. The van der Waals surface area contributed by atoms with Crippen LogP contribution in [0.2, 0.25) is 0 Å². The molecule has 3 aromatic rings. The Bertz CT molecular complexity index is 1470. The smallest absolute Gasteiger partial charge is 0.408 e. The fourth-order valence-electron chi connectivity index (χ4n) is 6.42. The molecule has 12 heteroatoms. The number of carbonyl (C=O) groups is 3. The second kappa shape index (κ2) is 11.9. The summed E-state index contributed by atoms with van der Waals surface area (Å²) in [7, 11) is 1.14. The zero-order valence-electron chi connectivity index (χ0n) is 23.9. The number of esters is 1. The minimum atomic E-state index is -2.70. The number of amides is 2. The van der Waals surface area contributed by atoms with Gasteiger partial charge in [0, 0.05) is 18.9 Å². The highest BCUT2D eigenvalue weighted by Gasteiger charge is 2.53. The van der Waals surface area contributed by atoms with Crippen LogP contribution < -0.4 is 10.6 Å². The van der Waals surface area contributed by atoms with E-state index in [4.69, 9.17) is 14.5 Å². The summed E-state index contributed by atoms with van der Waals surface area (Å²) in [6.07, 6.45) is 2.37. The molecule has 3 unspecified atom stereocenters. The molecule has 2 amide bonds. The summed E-state index contributed by atoms with van der Waals surface area (Å²) >= 11 is 0. The van der Waals surface area contributed by atoms with Gasteiger partial charge in [0.15, 0.2) is 11.1 Å². The van der Waals surface area contributed by atoms with E-state index in [2.05, 4.69) is 15.7 Å².